The average molecular weight is 1230 g/mol. The first-order valence-corrected chi connectivity index (χ1v) is 29.7. The molecule has 0 fully saturated rings. The Balaban J connectivity index is 1.63. The maximum absolute atomic E-state index is 15.6. The predicted molar refractivity (Wildman–Crippen MR) is 336 cm³/mol. The van der Waals surface area contributed by atoms with E-state index in [1.165, 1.54) is 12.1 Å². The van der Waals surface area contributed by atoms with Crippen LogP contribution in [0.4, 0.5) is 14.4 Å². The van der Waals surface area contributed by atoms with E-state index < -0.39 is 94.7 Å². The van der Waals surface area contributed by atoms with Crippen molar-refractivity contribution in [3.8, 4) is 11.3 Å². The topological polar surface area (TPSA) is 272 Å². The molecule has 0 saturated heterocycles. The monoisotopic (exact) mass is 1230 g/mol. The van der Waals surface area contributed by atoms with E-state index >= 15 is 9.59 Å². The number of methoxy groups -OCH3 is 2. The van der Waals surface area contributed by atoms with Gasteiger partial charge in [-0.1, -0.05) is 163 Å². The second kappa shape index (κ2) is 35.5. The molecule has 0 spiro atoms. The number of aromatic nitrogens is 1. The van der Waals surface area contributed by atoms with Crippen LogP contribution < -0.4 is 32.0 Å². The molecule has 0 radical (unpaired) electrons. The van der Waals surface area contributed by atoms with Crippen molar-refractivity contribution in [2.45, 2.75) is 130 Å². The zero-order valence-corrected chi connectivity index (χ0v) is 53.1. The van der Waals surface area contributed by atoms with Crippen molar-refractivity contribution in [3.05, 3.63) is 162 Å². The standard InChI is InChI=1S/C67H90N8O14/c1-65(2,3)56(73-63(81)87-40-39-86-38-37-85-36-35-83-10)59(77)69-52(41-46-23-15-12-16-24-46)55(45-75(74-60(78)57(66(4,5)6)72-62(80)84-11)44-49-30-32-50(33-31-49)51-29-21-22-34-68-51)88-61(79)54(43-48-27-19-14-20-28-48)70-58(76)53(42-47-25-17-13-18-26-47)71-64(82)89-67(7,8)9/h12-34,52-57H,35-45H2,1-11H3,(H,69,77)(H,70,76)(H,71,82)(H,72,80)(H,73,81)(H,74,78)/t52-,53-,54-,55-,56+,57+/m0/s1. The molecular formula is C67H90N8O14. The summed E-state index contributed by atoms with van der Waals surface area (Å²) in [4.78, 5) is 105. The van der Waals surface area contributed by atoms with Gasteiger partial charge in [0.2, 0.25) is 11.8 Å². The molecule has 0 aliphatic rings. The first kappa shape index (κ1) is 71.3. The van der Waals surface area contributed by atoms with Gasteiger partial charge in [0.05, 0.1) is 58.4 Å². The van der Waals surface area contributed by atoms with Gasteiger partial charge in [-0.15, -0.1) is 0 Å². The van der Waals surface area contributed by atoms with Crippen LogP contribution in [-0.2, 0) is 78.1 Å². The predicted octanol–water partition coefficient (Wildman–Crippen LogP) is 7.68. The number of rotatable bonds is 32. The lowest BCUT2D eigenvalue weighted by Gasteiger charge is -2.37. The molecule has 1 heterocycles. The molecular weight excluding hydrogens is 1140 g/mol. The minimum atomic E-state index is -1.44. The normalized spacial score (nSPS) is 13.7. The number of benzene rings is 4. The number of hydrogen-bond donors (Lipinski definition) is 6. The highest BCUT2D eigenvalue weighted by atomic mass is 16.6. The molecule has 5 rings (SSSR count). The van der Waals surface area contributed by atoms with Crippen LogP contribution in [0.15, 0.2) is 140 Å². The molecule has 1 aromatic heterocycles. The number of hydrazine groups is 1. The summed E-state index contributed by atoms with van der Waals surface area (Å²) in [5.74, 6) is -3.02. The van der Waals surface area contributed by atoms with Crippen LogP contribution in [0.2, 0.25) is 0 Å². The second-order valence-corrected chi connectivity index (χ2v) is 24.4. The zero-order valence-electron chi connectivity index (χ0n) is 53.1. The van der Waals surface area contributed by atoms with E-state index in [2.05, 4.69) is 37.0 Å². The van der Waals surface area contributed by atoms with Gasteiger partial charge in [-0.25, -0.2) is 24.2 Å². The van der Waals surface area contributed by atoms with Gasteiger partial charge in [-0.05, 0) is 72.4 Å². The van der Waals surface area contributed by atoms with E-state index in [1.54, 1.807) is 130 Å². The average Bonchev–Trinajstić information content (AvgIpc) is 3.70. The lowest BCUT2D eigenvalue weighted by Crippen LogP contribution is -2.62. The SMILES string of the molecule is COCCOCCOCCOC(=O)N[C@H](C(=O)N[C@@H](Cc1ccccc1)[C@H](CN(Cc1ccc(-c2ccccn2)cc1)NC(=O)[C@@H](NC(=O)OC)C(C)(C)C)OC(=O)[C@H](Cc1ccccc1)NC(=O)[C@H](Cc1ccccc1)NC(=O)OC(C)(C)C)C(C)(C)C. The molecule has 482 valence electrons. The number of nitrogens with zero attached hydrogens (tertiary/aromatic N) is 2. The molecule has 6 amide bonds. The van der Waals surface area contributed by atoms with Gasteiger partial charge in [-0.2, -0.15) is 0 Å². The Morgan fingerprint density at radius 1 is 0.494 bits per heavy atom. The summed E-state index contributed by atoms with van der Waals surface area (Å²) in [6, 6.07) is 33.8. The fourth-order valence-electron chi connectivity index (χ4n) is 9.18. The van der Waals surface area contributed by atoms with Crippen LogP contribution >= 0.6 is 0 Å². The van der Waals surface area contributed by atoms with Gasteiger partial charge < -0.3 is 59.7 Å². The van der Waals surface area contributed by atoms with Gasteiger partial charge in [0.1, 0.15) is 42.5 Å². The van der Waals surface area contributed by atoms with Crippen molar-refractivity contribution in [1.82, 2.24) is 42.0 Å². The Kier molecular flexibility index (Phi) is 28.5. The summed E-state index contributed by atoms with van der Waals surface area (Å²) in [6.45, 7) is 16.6. The minimum absolute atomic E-state index is 0.0140. The van der Waals surface area contributed by atoms with Gasteiger partial charge in [0, 0.05) is 38.3 Å². The maximum Gasteiger partial charge on any atom is 0.408 e. The Bertz CT molecular complexity index is 2980. The second-order valence-electron chi connectivity index (χ2n) is 24.4. The quantitative estimate of drug-likeness (QED) is 0.0104. The number of pyridine rings is 1. The van der Waals surface area contributed by atoms with Crippen LogP contribution in [0, 0.1) is 10.8 Å². The number of amides is 6. The molecule has 0 aliphatic carbocycles. The molecule has 6 N–H and O–H groups in total. The highest BCUT2D eigenvalue weighted by Gasteiger charge is 2.40. The molecule has 6 atom stereocenters. The van der Waals surface area contributed by atoms with Crippen molar-refractivity contribution in [3.63, 3.8) is 0 Å². The Morgan fingerprint density at radius 2 is 1.01 bits per heavy atom. The van der Waals surface area contributed by atoms with Crippen molar-refractivity contribution in [1.29, 1.82) is 0 Å². The third kappa shape index (κ3) is 26.0. The molecule has 4 aromatic carbocycles. The van der Waals surface area contributed by atoms with Crippen molar-refractivity contribution in [2.75, 3.05) is 60.4 Å². The third-order valence-corrected chi connectivity index (χ3v) is 13.7. The molecule has 0 saturated carbocycles. The minimum Gasteiger partial charge on any atom is -0.457 e. The Labute approximate surface area is 523 Å². The van der Waals surface area contributed by atoms with E-state index in [0.717, 1.165) is 11.3 Å². The van der Waals surface area contributed by atoms with E-state index in [-0.39, 0.29) is 52.2 Å². The lowest BCUT2D eigenvalue weighted by atomic mass is 9.85. The van der Waals surface area contributed by atoms with Crippen LogP contribution in [-0.4, -0.2) is 154 Å². The Morgan fingerprint density at radius 3 is 1.54 bits per heavy atom. The van der Waals surface area contributed by atoms with Gasteiger partial charge in [0.15, 0.2) is 0 Å². The molecule has 0 bridgehead atoms. The summed E-state index contributed by atoms with van der Waals surface area (Å²) < 4.78 is 38.8. The van der Waals surface area contributed by atoms with Gasteiger partial charge in [0.25, 0.3) is 5.91 Å². The van der Waals surface area contributed by atoms with E-state index in [0.29, 0.717) is 42.1 Å². The van der Waals surface area contributed by atoms with Gasteiger partial charge in [-0.3, -0.25) is 24.8 Å². The first-order valence-electron chi connectivity index (χ1n) is 29.7. The number of carbonyl (C=O) groups excluding carboxylic acids is 7. The van der Waals surface area contributed by atoms with Crippen LogP contribution in [0.5, 0.6) is 0 Å². The fraction of sp³-hybridized carbons (Fsp3) is 0.463. The third-order valence-electron chi connectivity index (χ3n) is 13.7. The maximum atomic E-state index is 15.6. The number of alkyl carbamates (subject to hydrolysis) is 3. The molecule has 5 aromatic rings. The summed E-state index contributed by atoms with van der Waals surface area (Å²) in [6.07, 6.45) is -2.41. The van der Waals surface area contributed by atoms with Crippen LogP contribution in [0.1, 0.15) is 84.6 Å². The van der Waals surface area contributed by atoms with Gasteiger partial charge >= 0.3 is 24.2 Å². The summed E-state index contributed by atoms with van der Waals surface area (Å²) >= 11 is 0. The van der Waals surface area contributed by atoms with Crippen molar-refractivity contribution >= 4 is 42.0 Å². The highest BCUT2D eigenvalue weighted by Crippen LogP contribution is 2.24. The Hall–Kier alpha value is -8.44. The van der Waals surface area contributed by atoms with E-state index in [4.69, 9.17) is 33.2 Å². The van der Waals surface area contributed by atoms with E-state index in [1.807, 2.05) is 78.9 Å². The number of nitrogens with one attached hydrogen (secondary N) is 6. The van der Waals surface area contributed by atoms with Crippen molar-refractivity contribution < 1.29 is 66.7 Å². The molecule has 89 heavy (non-hydrogen) atoms. The number of carbonyl (C=O) groups is 7. The lowest BCUT2D eigenvalue weighted by molar-refractivity contribution is -0.157. The first-order chi connectivity index (χ1) is 42.3. The molecule has 22 heteroatoms. The molecule has 0 unspecified atom stereocenters. The van der Waals surface area contributed by atoms with Crippen molar-refractivity contribution in [2.24, 2.45) is 10.8 Å². The van der Waals surface area contributed by atoms with Crippen LogP contribution in [0.3, 0.4) is 0 Å². The number of esters is 1. The number of hydrogen-bond acceptors (Lipinski definition) is 16. The summed E-state index contributed by atoms with van der Waals surface area (Å²) in [7, 11) is 2.76. The highest BCUT2D eigenvalue weighted by molar-refractivity contribution is 5.91. The molecule has 0 aliphatic heterocycles. The summed E-state index contributed by atoms with van der Waals surface area (Å²) in [5, 5.41) is 15.6. The summed E-state index contributed by atoms with van der Waals surface area (Å²) in [5.41, 5.74) is 4.52. The molecule has 22 nitrogen and oxygen atoms in total. The number of ether oxygens (including phenoxy) is 7. The van der Waals surface area contributed by atoms with Crippen LogP contribution in [0.25, 0.3) is 11.3 Å². The fourth-order valence-corrected chi connectivity index (χ4v) is 9.18. The zero-order chi connectivity index (χ0) is 65.0. The largest absolute Gasteiger partial charge is 0.457 e. The smallest absolute Gasteiger partial charge is 0.408 e. The van der Waals surface area contributed by atoms with E-state index in [9.17, 15) is 24.0 Å².